The number of nitrogens with one attached hydrogen (secondary N) is 1. The van der Waals surface area contributed by atoms with E-state index in [1.54, 1.807) is 21.0 Å². The number of ketones is 1. The van der Waals surface area contributed by atoms with E-state index >= 15 is 0 Å². The van der Waals surface area contributed by atoms with Crippen molar-refractivity contribution in [2.24, 2.45) is 5.92 Å². The van der Waals surface area contributed by atoms with Crippen LogP contribution in [0.2, 0.25) is 0 Å². The molecule has 0 saturated carbocycles. The highest BCUT2D eigenvalue weighted by atomic mass is 16.5. The van der Waals surface area contributed by atoms with Gasteiger partial charge in [0.05, 0.1) is 25.9 Å². The average molecular weight is 533 g/mol. The summed E-state index contributed by atoms with van der Waals surface area (Å²) in [5.74, 6) is -2.90. The Labute approximate surface area is 229 Å². The highest BCUT2D eigenvalue weighted by Gasteiger charge is 2.49. The van der Waals surface area contributed by atoms with E-state index in [4.69, 9.17) is 14.2 Å². The number of esters is 2. The molecule has 2 aromatic rings. The van der Waals surface area contributed by atoms with Gasteiger partial charge >= 0.3 is 11.9 Å². The van der Waals surface area contributed by atoms with Gasteiger partial charge in [-0.3, -0.25) is 9.59 Å². The first-order chi connectivity index (χ1) is 18.7. The highest BCUT2D eigenvalue weighted by Crippen LogP contribution is 2.48. The molecular weight excluding hydrogens is 496 g/mol. The predicted octanol–water partition coefficient (Wildman–Crippen LogP) is 4.48. The van der Waals surface area contributed by atoms with Gasteiger partial charge in [-0.2, -0.15) is 0 Å². The summed E-state index contributed by atoms with van der Waals surface area (Å²) in [7, 11) is 5.48. The largest absolute Gasteiger partial charge is 0.497 e. The van der Waals surface area contributed by atoms with Crippen molar-refractivity contribution in [3.05, 3.63) is 82.2 Å². The van der Waals surface area contributed by atoms with Crippen molar-refractivity contribution in [2.75, 3.05) is 39.3 Å². The number of nitrogens with zero attached hydrogens (tertiary/aromatic N) is 1. The number of rotatable bonds is 8. The van der Waals surface area contributed by atoms with E-state index in [9.17, 15) is 14.4 Å². The second kappa shape index (κ2) is 11.8. The van der Waals surface area contributed by atoms with E-state index < -0.39 is 29.7 Å². The Morgan fingerprint density at radius 2 is 1.56 bits per heavy atom. The van der Waals surface area contributed by atoms with Crippen LogP contribution in [0.15, 0.2) is 71.1 Å². The molecule has 206 valence electrons. The zero-order valence-electron chi connectivity index (χ0n) is 23.4. The van der Waals surface area contributed by atoms with Gasteiger partial charge in [-0.05, 0) is 62.6 Å². The molecule has 1 N–H and O–H groups in total. The summed E-state index contributed by atoms with van der Waals surface area (Å²) in [6.45, 7) is 5.65. The van der Waals surface area contributed by atoms with Crippen LogP contribution in [0.25, 0.3) is 0 Å². The molecule has 2 aliphatic rings. The lowest BCUT2D eigenvalue weighted by molar-refractivity contribution is -0.152. The van der Waals surface area contributed by atoms with Crippen LogP contribution in [0, 0.1) is 5.92 Å². The first-order valence-electron chi connectivity index (χ1n) is 13.2. The third-order valence-corrected chi connectivity index (χ3v) is 7.34. The second-order valence-electron chi connectivity index (χ2n) is 9.87. The summed E-state index contributed by atoms with van der Waals surface area (Å²) >= 11 is 0. The molecule has 8 nitrogen and oxygen atoms in total. The minimum Gasteiger partial charge on any atom is -0.497 e. The minimum atomic E-state index is -1.05. The Morgan fingerprint density at radius 1 is 0.949 bits per heavy atom. The number of carbonyl (C=O) groups excluding carboxylic acids is 3. The second-order valence-corrected chi connectivity index (χ2v) is 9.87. The van der Waals surface area contributed by atoms with Gasteiger partial charge in [-0.1, -0.05) is 24.3 Å². The molecule has 1 aliphatic heterocycles. The van der Waals surface area contributed by atoms with Crippen molar-refractivity contribution in [3.63, 3.8) is 0 Å². The number of Topliss-reactive ketones (excluding diaryl/α,β-unsaturated/α-hetero) is 1. The van der Waals surface area contributed by atoms with E-state index in [1.807, 2.05) is 74.4 Å². The van der Waals surface area contributed by atoms with Crippen molar-refractivity contribution in [3.8, 4) is 5.75 Å². The van der Waals surface area contributed by atoms with Crippen LogP contribution >= 0.6 is 0 Å². The number of benzene rings is 2. The Balaban J connectivity index is 1.88. The fourth-order valence-corrected chi connectivity index (χ4v) is 5.48. The number of dihydropyridines is 1. The molecule has 39 heavy (non-hydrogen) atoms. The molecule has 0 fully saturated rings. The highest BCUT2D eigenvalue weighted by molar-refractivity contribution is 6.13. The lowest BCUT2D eigenvalue weighted by atomic mass is 9.67. The SMILES string of the molecule is CCOC(=O)C1=C(C)NC2=C(C(=O)[C@H](C(=O)OCC)[C@H](c3ccc(OC)cc3)C2)[C@H]1c1ccc(N(C)C)cc1. The van der Waals surface area contributed by atoms with E-state index in [2.05, 4.69) is 5.32 Å². The fourth-order valence-electron chi connectivity index (χ4n) is 5.48. The first kappa shape index (κ1) is 28.0. The number of carbonyl (C=O) groups is 3. The number of methoxy groups -OCH3 is 1. The van der Waals surface area contributed by atoms with Gasteiger partial charge in [0.15, 0.2) is 5.78 Å². The van der Waals surface area contributed by atoms with E-state index in [-0.39, 0.29) is 19.0 Å². The number of hydrogen-bond acceptors (Lipinski definition) is 8. The maximum Gasteiger partial charge on any atom is 0.336 e. The normalized spacial score (nSPS) is 20.7. The summed E-state index contributed by atoms with van der Waals surface area (Å²) in [4.78, 5) is 42.9. The third kappa shape index (κ3) is 5.41. The average Bonchev–Trinajstić information content (AvgIpc) is 2.92. The van der Waals surface area contributed by atoms with E-state index in [1.165, 1.54) is 0 Å². The summed E-state index contributed by atoms with van der Waals surface area (Å²) in [6.07, 6.45) is 0.399. The fraction of sp³-hybridized carbons (Fsp3) is 0.387. The van der Waals surface area contributed by atoms with Crippen molar-refractivity contribution >= 4 is 23.4 Å². The van der Waals surface area contributed by atoms with E-state index in [0.717, 1.165) is 16.8 Å². The van der Waals surface area contributed by atoms with E-state index in [0.29, 0.717) is 34.7 Å². The van der Waals surface area contributed by atoms with Crippen LogP contribution < -0.4 is 15.0 Å². The Morgan fingerprint density at radius 3 is 2.13 bits per heavy atom. The van der Waals surface area contributed by atoms with Gasteiger partial charge in [-0.15, -0.1) is 0 Å². The summed E-state index contributed by atoms with van der Waals surface area (Å²) in [5.41, 5.74) is 4.70. The van der Waals surface area contributed by atoms with Gasteiger partial charge in [0, 0.05) is 48.6 Å². The predicted molar refractivity (Wildman–Crippen MR) is 148 cm³/mol. The maximum atomic E-state index is 14.4. The summed E-state index contributed by atoms with van der Waals surface area (Å²) in [5, 5.41) is 3.33. The lowest BCUT2D eigenvalue weighted by Crippen LogP contribution is -2.43. The zero-order valence-corrected chi connectivity index (χ0v) is 23.4. The Kier molecular flexibility index (Phi) is 8.43. The molecule has 0 spiro atoms. The van der Waals surface area contributed by atoms with Crippen molar-refractivity contribution in [1.29, 1.82) is 0 Å². The lowest BCUT2D eigenvalue weighted by Gasteiger charge is -2.39. The van der Waals surface area contributed by atoms with Gasteiger partial charge in [-0.25, -0.2) is 4.79 Å². The van der Waals surface area contributed by atoms with Gasteiger partial charge in [0.1, 0.15) is 11.7 Å². The molecule has 0 bridgehead atoms. The maximum absolute atomic E-state index is 14.4. The van der Waals surface area contributed by atoms with Crippen molar-refractivity contribution in [2.45, 2.75) is 39.0 Å². The molecule has 4 rings (SSSR count). The van der Waals surface area contributed by atoms with Crippen LogP contribution in [0.4, 0.5) is 5.69 Å². The summed E-state index contributed by atoms with van der Waals surface area (Å²) < 4.78 is 16.1. The molecule has 2 aromatic carbocycles. The number of hydrogen-bond donors (Lipinski definition) is 1. The molecular formula is C31H36N2O6. The van der Waals surface area contributed by atoms with Crippen molar-refractivity contribution in [1.82, 2.24) is 5.32 Å². The van der Waals surface area contributed by atoms with Crippen molar-refractivity contribution < 1.29 is 28.6 Å². The molecule has 0 radical (unpaired) electrons. The van der Waals surface area contributed by atoms with Crippen LogP contribution in [-0.2, 0) is 23.9 Å². The van der Waals surface area contributed by atoms with Gasteiger partial charge in [0.25, 0.3) is 0 Å². The van der Waals surface area contributed by atoms with Gasteiger partial charge in [0.2, 0.25) is 0 Å². The number of anilines is 1. The van der Waals surface area contributed by atoms with Crippen LogP contribution in [0.3, 0.4) is 0 Å². The first-order valence-corrected chi connectivity index (χ1v) is 13.2. The topological polar surface area (TPSA) is 94.2 Å². The Bertz CT molecular complexity index is 1310. The standard InChI is InChI=1S/C31H36N2O6/c1-7-38-30(35)25-18(3)32-24-17-23(19-11-15-22(37-6)16-12-19)27(31(36)39-8-2)29(34)28(24)26(25)20-9-13-21(14-10-20)33(4)5/h9-16,23,26-27,32H,7-8,17H2,1-6H3/t23-,26-,27+/m0/s1. The smallest absolute Gasteiger partial charge is 0.336 e. The zero-order chi connectivity index (χ0) is 28.3. The van der Waals surface area contributed by atoms with Crippen LogP contribution in [-0.4, -0.2) is 52.1 Å². The van der Waals surface area contributed by atoms with Crippen LogP contribution in [0.5, 0.6) is 5.75 Å². The molecule has 3 atom stereocenters. The quantitative estimate of drug-likeness (QED) is 0.393. The summed E-state index contributed by atoms with van der Waals surface area (Å²) in [6, 6.07) is 15.1. The molecule has 0 unspecified atom stereocenters. The number of allylic oxidation sites excluding steroid dienone is 3. The number of ether oxygens (including phenoxy) is 3. The Hall–Kier alpha value is -4.07. The molecule has 0 aromatic heterocycles. The molecule has 1 heterocycles. The molecule has 8 heteroatoms. The molecule has 0 saturated heterocycles. The molecule has 0 amide bonds. The minimum absolute atomic E-state index is 0.157. The van der Waals surface area contributed by atoms with Gasteiger partial charge < -0.3 is 24.4 Å². The third-order valence-electron chi connectivity index (χ3n) is 7.34. The van der Waals surface area contributed by atoms with Crippen LogP contribution in [0.1, 0.15) is 50.2 Å². The molecule has 1 aliphatic carbocycles. The monoisotopic (exact) mass is 532 g/mol.